The second kappa shape index (κ2) is 7.78. The summed E-state index contributed by atoms with van der Waals surface area (Å²) in [6, 6.07) is 15.5. The molecule has 0 aliphatic heterocycles. The maximum Gasteiger partial charge on any atom is 0.269 e. The van der Waals surface area contributed by atoms with Gasteiger partial charge in [0.25, 0.3) is 5.69 Å². The van der Waals surface area contributed by atoms with Crippen molar-refractivity contribution in [3.63, 3.8) is 0 Å². The first-order valence-corrected chi connectivity index (χ1v) is 9.51. The topological polar surface area (TPSA) is 108 Å². The fourth-order valence-corrected chi connectivity index (χ4v) is 3.40. The van der Waals surface area contributed by atoms with Crippen LogP contribution in [-0.4, -0.2) is 30.2 Å². The number of aryl methyl sites for hydroxylation is 2. The molecule has 0 saturated heterocycles. The smallest absolute Gasteiger partial charge is 0.269 e. The van der Waals surface area contributed by atoms with Crippen molar-refractivity contribution in [2.45, 2.75) is 26.8 Å². The quantitative estimate of drug-likeness (QED) is 0.390. The number of amides is 1. The van der Waals surface area contributed by atoms with E-state index in [-0.39, 0.29) is 18.1 Å². The monoisotopic (exact) mass is 404 g/mol. The van der Waals surface area contributed by atoms with Gasteiger partial charge in [-0.05, 0) is 31.2 Å². The lowest BCUT2D eigenvalue weighted by Crippen LogP contribution is -2.21. The molecule has 9 heteroatoms. The van der Waals surface area contributed by atoms with Crippen molar-refractivity contribution in [2.75, 3.05) is 5.32 Å². The third-order valence-electron chi connectivity index (χ3n) is 4.76. The molecule has 2 aromatic heterocycles. The second-order valence-electron chi connectivity index (χ2n) is 6.86. The van der Waals surface area contributed by atoms with E-state index in [2.05, 4.69) is 15.4 Å². The van der Waals surface area contributed by atoms with Crippen LogP contribution in [0.25, 0.3) is 16.7 Å². The molecule has 2 heterocycles. The number of carbonyl (C=O) groups excluding carboxylic acids is 1. The van der Waals surface area contributed by atoms with E-state index in [1.807, 2.05) is 42.7 Å². The summed E-state index contributed by atoms with van der Waals surface area (Å²) < 4.78 is 3.47. The Morgan fingerprint density at radius 2 is 1.90 bits per heavy atom. The van der Waals surface area contributed by atoms with Crippen LogP contribution in [0.1, 0.15) is 18.4 Å². The molecule has 152 valence electrons. The minimum atomic E-state index is -0.457. The van der Waals surface area contributed by atoms with E-state index in [1.54, 1.807) is 22.9 Å². The largest absolute Gasteiger partial charge is 0.318 e. The molecule has 0 saturated carbocycles. The van der Waals surface area contributed by atoms with Crippen molar-refractivity contribution in [1.29, 1.82) is 0 Å². The van der Waals surface area contributed by atoms with Crippen LogP contribution >= 0.6 is 0 Å². The Kier molecular flexibility index (Phi) is 5.01. The Bertz CT molecular complexity index is 1240. The van der Waals surface area contributed by atoms with Crippen LogP contribution in [0.2, 0.25) is 0 Å². The van der Waals surface area contributed by atoms with Gasteiger partial charge in [-0.25, -0.2) is 9.67 Å². The van der Waals surface area contributed by atoms with Gasteiger partial charge in [0.15, 0.2) is 0 Å². The minimum absolute atomic E-state index is 0.00713. The molecule has 1 amide bonds. The van der Waals surface area contributed by atoms with Gasteiger partial charge in [-0.15, -0.1) is 0 Å². The zero-order chi connectivity index (χ0) is 21.3. The predicted octanol–water partition coefficient (Wildman–Crippen LogP) is 3.64. The molecule has 0 spiro atoms. The summed E-state index contributed by atoms with van der Waals surface area (Å²) >= 11 is 0. The number of aromatic nitrogens is 4. The number of carbonyl (C=O) groups is 1. The SMILES string of the molecule is CCc1nc2ccccc2n1CC(=O)Nc1cc(C)nn1-c1ccc([N+](=O)[O-])cc1. The molecular weight excluding hydrogens is 384 g/mol. The highest BCUT2D eigenvalue weighted by atomic mass is 16.6. The molecule has 0 radical (unpaired) electrons. The van der Waals surface area contributed by atoms with Crippen LogP contribution in [0, 0.1) is 17.0 Å². The highest BCUT2D eigenvalue weighted by Crippen LogP contribution is 2.21. The number of nitrogens with one attached hydrogen (secondary N) is 1. The first kappa shape index (κ1) is 19.3. The Morgan fingerprint density at radius 3 is 2.60 bits per heavy atom. The van der Waals surface area contributed by atoms with Crippen LogP contribution < -0.4 is 5.32 Å². The van der Waals surface area contributed by atoms with Crippen LogP contribution in [0.3, 0.4) is 0 Å². The number of anilines is 1. The summed E-state index contributed by atoms with van der Waals surface area (Å²) in [5, 5.41) is 18.2. The Labute approximate surface area is 172 Å². The van der Waals surface area contributed by atoms with E-state index in [4.69, 9.17) is 0 Å². The van der Waals surface area contributed by atoms with E-state index in [0.29, 0.717) is 23.6 Å². The second-order valence-corrected chi connectivity index (χ2v) is 6.86. The number of nitrogens with zero attached hydrogens (tertiary/aromatic N) is 5. The summed E-state index contributed by atoms with van der Waals surface area (Å²) in [5.41, 5.74) is 3.09. The molecule has 4 rings (SSSR count). The molecule has 0 fully saturated rings. The van der Waals surface area contributed by atoms with Gasteiger partial charge >= 0.3 is 0 Å². The number of para-hydroxylation sites is 2. The van der Waals surface area contributed by atoms with Crippen LogP contribution in [0.4, 0.5) is 11.5 Å². The number of nitro benzene ring substituents is 1. The zero-order valence-electron chi connectivity index (χ0n) is 16.6. The molecule has 0 unspecified atom stereocenters. The Balaban J connectivity index is 1.60. The number of hydrogen-bond acceptors (Lipinski definition) is 5. The number of non-ortho nitro benzene ring substituents is 1. The fourth-order valence-electron chi connectivity index (χ4n) is 3.40. The van der Waals surface area contributed by atoms with Crippen molar-refractivity contribution < 1.29 is 9.72 Å². The lowest BCUT2D eigenvalue weighted by molar-refractivity contribution is -0.384. The molecular formula is C21H20N6O3. The lowest BCUT2D eigenvalue weighted by Gasteiger charge is -2.11. The van der Waals surface area contributed by atoms with E-state index in [9.17, 15) is 14.9 Å². The van der Waals surface area contributed by atoms with E-state index < -0.39 is 4.92 Å². The number of hydrogen-bond donors (Lipinski definition) is 1. The first-order chi connectivity index (χ1) is 14.5. The van der Waals surface area contributed by atoms with E-state index >= 15 is 0 Å². The van der Waals surface area contributed by atoms with Crippen molar-refractivity contribution in [3.8, 4) is 5.69 Å². The van der Waals surface area contributed by atoms with Crippen molar-refractivity contribution >= 4 is 28.4 Å². The highest BCUT2D eigenvalue weighted by molar-refractivity contribution is 5.91. The molecule has 2 aromatic carbocycles. The number of imidazole rings is 1. The average Bonchev–Trinajstić information content (AvgIpc) is 3.28. The standard InChI is InChI=1S/C21H20N6O3/c1-3-19-22-17-6-4-5-7-18(17)25(19)13-21(28)23-20-12-14(2)24-26(20)15-8-10-16(11-9-15)27(29)30/h4-12H,3,13H2,1-2H3,(H,23,28). The van der Waals surface area contributed by atoms with Gasteiger partial charge in [-0.3, -0.25) is 14.9 Å². The molecule has 0 bridgehead atoms. The summed E-state index contributed by atoms with van der Waals surface area (Å²) in [7, 11) is 0. The third kappa shape index (κ3) is 3.64. The summed E-state index contributed by atoms with van der Waals surface area (Å²) in [5.74, 6) is 1.12. The maximum atomic E-state index is 12.8. The normalized spacial score (nSPS) is 11.0. The summed E-state index contributed by atoms with van der Waals surface area (Å²) in [6.45, 7) is 3.94. The molecule has 1 N–H and O–H groups in total. The molecule has 0 aliphatic rings. The van der Waals surface area contributed by atoms with Crippen molar-refractivity contribution in [3.05, 3.63) is 76.2 Å². The third-order valence-corrected chi connectivity index (χ3v) is 4.76. The van der Waals surface area contributed by atoms with Gasteiger partial charge in [0, 0.05) is 24.6 Å². The van der Waals surface area contributed by atoms with E-state index in [1.165, 1.54) is 12.1 Å². The number of fused-ring (bicyclic) bond motifs is 1. The average molecular weight is 404 g/mol. The zero-order valence-corrected chi connectivity index (χ0v) is 16.6. The van der Waals surface area contributed by atoms with E-state index in [0.717, 1.165) is 16.9 Å². The maximum absolute atomic E-state index is 12.8. The van der Waals surface area contributed by atoms with Crippen molar-refractivity contribution in [1.82, 2.24) is 19.3 Å². The van der Waals surface area contributed by atoms with Crippen LogP contribution in [-0.2, 0) is 17.8 Å². The predicted molar refractivity (Wildman–Crippen MR) is 113 cm³/mol. The van der Waals surface area contributed by atoms with Gasteiger partial charge in [0.05, 0.1) is 27.3 Å². The van der Waals surface area contributed by atoms with Gasteiger partial charge in [-0.2, -0.15) is 5.10 Å². The van der Waals surface area contributed by atoms with Gasteiger partial charge < -0.3 is 9.88 Å². The summed E-state index contributed by atoms with van der Waals surface area (Å²) in [4.78, 5) is 27.9. The molecule has 0 atom stereocenters. The van der Waals surface area contributed by atoms with Gasteiger partial charge in [-0.1, -0.05) is 19.1 Å². The molecule has 9 nitrogen and oxygen atoms in total. The number of nitro groups is 1. The van der Waals surface area contributed by atoms with Crippen LogP contribution in [0.15, 0.2) is 54.6 Å². The highest BCUT2D eigenvalue weighted by Gasteiger charge is 2.16. The number of rotatable bonds is 6. The molecule has 0 aliphatic carbocycles. The Hall–Kier alpha value is -4.01. The lowest BCUT2D eigenvalue weighted by atomic mass is 10.3. The van der Waals surface area contributed by atoms with Crippen LogP contribution in [0.5, 0.6) is 0 Å². The molecule has 30 heavy (non-hydrogen) atoms. The fraction of sp³-hybridized carbons (Fsp3) is 0.190. The van der Waals surface area contributed by atoms with Gasteiger partial charge in [0.1, 0.15) is 18.2 Å². The first-order valence-electron chi connectivity index (χ1n) is 9.51. The molecule has 4 aromatic rings. The Morgan fingerprint density at radius 1 is 1.17 bits per heavy atom. The van der Waals surface area contributed by atoms with Crippen molar-refractivity contribution in [2.24, 2.45) is 0 Å². The minimum Gasteiger partial charge on any atom is -0.318 e. The summed E-state index contributed by atoms with van der Waals surface area (Å²) in [6.07, 6.45) is 0.710. The number of benzene rings is 2. The van der Waals surface area contributed by atoms with Gasteiger partial charge in [0.2, 0.25) is 5.91 Å².